The van der Waals surface area contributed by atoms with Crippen molar-refractivity contribution in [3.63, 3.8) is 0 Å². The van der Waals surface area contributed by atoms with E-state index in [0.29, 0.717) is 22.7 Å². The molecular weight excluding hydrogens is 268 g/mol. The van der Waals surface area contributed by atoms with Gasteiger partial charge in [-0.05, 0) is 26.1 Å². The SMILES string of the molecule is CNC(C)c1nnc(Nc2ccc(Cl)c(OC)c2)o1. The summed E-state index contributed by atoms with van der Waals surface area (Å²) in [6.45, 7) is 1.93. The number of halogens is 1. The number of benzene rings is 1. The van der Waals surface area contributed by atoms with Gasteiger partial charge in [0.15, 0.2) is 0 Å². The maximum absolute atomic E-state index is 5.95. The van der Waals surface area contributed by atoms with E-state index in [1.54, 1.807) is 25.3 Å². The third-order valence-electron chi connectivity index (χ3n) is 2.65. The third kappa shape index (κ3) is 3.15. The Kier molecular flexibility index (Phi) is 4.24. The molecule has 0 aliphatic rings. The molecule has 1 aromatic carbocycles. The van der Waals surface area contributed by atoms with Crippen LogP contribution in [0.3, 0.4) is 0 Å². The molecule has 102 valence electrons. The number of nitrogens with one attached hydrogen (secondary N) is 2. The van der Waals surface area contributed by atoms with Crippen LogP contribution in [0.1, 0.15) is 18.9 Å². The fourth-order valence-corrected chi connectivity index (χ4v) is 1.64. The van der Waals surface area contributed by atoms with Crippen LogP contribution in [-0.2, 0) is 0 Å². The number of anilines is 2. The summed E-state index contributed by atoms with van der Waals surface area (Å²) in [5.74, 6) is 1.10. The van der Waals surface area contributed by atoms with Gasteiger partial charge in [-0.25, -0.2) is 0 Å². The Morgan fingerprint density at radius 2 is 2.16 bits per heavy atom. The first-order chi connectivity index (χ1) is 9.13. The number of methoxy groups -OCH3 is 1. The second-order valence-electron chi connectivity index (χ2n) is 3.93. The molecule has 0 fully saturated rings. The van der Waals surface area contributed by atoms with Crippen LogP contribution in [0.4, 0.5) is 11.7 Å². The van der Waals surface area contributed by atoms with Gasteiger partial charge in [-0.3, -0.25) is 0 Å². The molecule has 0 amide bonds. The number of nitrogens with zero attached hydrogens (tertiary/aromatic N) is 2. The van der Waals surface area contributed by atoms with Gasteiger partial charge in [0.05, 0.1) is 18.2 Å². The van der Waals surface area contributed by atoms with Crippen molar-refractivity contribution in [2.75, 3.05) is 19.5 Å². The second kappa shape index (κ2) is 5.90. The summed E-state index contributed by atoms with van der Waals surface area (Å²) in [6.07, 6.45) is 0. The molecule has 0 saturated carbocycles. The fraction of sp³-hybridized carbons (Fsp3) is 0.333. The maximum atomic E-state index is 5.95. The Morgan fingerprint density at radius 1 is 1.37 bits per heavy atom. The first kappa shape index (κ1) is 13.6. The summed E-state index contributed by atoms with van der Waals surface area (Å²) in [6, 6.07) is 5.62. The van der Waals surface area contributed by atoms with Crippen molar-refractivity contribution < 1.29 is 9.15 Å². The van der Waals surface area contributed by atoms with E-state index in [1.807, 2.05) is 14.0 Å². The molecule has 0 radical (unpaired) electrons. The van der Waals surface area contributed by atoms with Gasteiger partial charge in [-0.15, -0.1) is 5.10 Å². The number of hydrogen-bond acceptors (Lipinski definition) is 6. The molecule has 6 nitrogen and oxygen atoms in total. The van der Waals surface area contributed by atoms with Crippen LogP contribution in [0.25, 0.3) is 0 Å². The Hall–Kier alpha value is -1.79. The average Bonchev–Trinajstić information content (AvgIpc) is 2.88. The summed E-state index contributed by atoms with van der Waals surface area (Å²) in [7, 11) is 3.39. The minimum atomic E-state index is 0.00260. The largest absolute Gasteiger partial charge is 0.495 e. The van der Waals surface area contributed by atoms with E-state index < -0.39 is 0 Å². The van der Waals surface area contributed by atoms with Crippen LogP contribution >= 0.6 is 11.6 Å². The van der Waals surface area contributed by atoms with Gasteiger partial charge in [0.2, 0.25) is 5.89 Å². The first-order valence-electron chi connectivity index (χ1n) is 5.75. The molecule has 19 heavy (non-hydrogen) atoms. The molecule has 2 rings (SSSR count). The van der Waals surface area contributed by atoms with Crippen LogP contribution < -0.4 is 15.4 Å². The van der Waals surface area contributed by atoms with Crippen LogP contribution in [0, 0.1) is 0 Å². The van der Waals surface area contributed by atoms with Crippen molar-refractivity contribution >= 4 is 23.3 Å². The highest BCUT2D eigenvalue weighted by atomic mass is 35.5. The van der Waals surface area contributed by atoms with Gasteiger partial charge in [-0.2, -0.15) is 0 Å². The molecule has 0 aliphatic heterocycles. The lowest BCUT2D eigenvalue weighted by molar-refractivity contribution is 0.415. The predicted octanol–water partition coefficient (Wildman–Crippen LogP) is 2.76. The standard InChI is InChI=1S/C12H15ClN4O2/c1-7(14-2)11-16-17-12(19-11)15-8-4-5-9(13)10(6-8)18-3/h4-7,14H,1-3H3,(H,15,17). The number of rotatable bonds is 5. The van der Waals surface area contributed by atoms with E-state index in [4.69, 9.17) is 20.8 Å². The summed E-state index contributed by atoms with van der Waals surface area (Å²) in [5.41, 5.74) is 0.758. The zero-order valence-electron chi connectivity index (χ0n) is 10.9. The molecule has 1 atom stereocenters. The highest BCUT2D eigenvalue weighted by Gasteiger charge is 2.12. The molecule has 2 N–H and O–H groups in total. The van der Waals surface area contributed by atoms with Crippen molar-refractivity contribution in [2.24, 2.45) is 0 Å². The maximum Gasteiger partial charge on any atom is 0.320 e. The van der Waals surface area contributed by atoms with E-state index in [9.17, 15) is 0 Å². The zero-order valence-corrected chi connectivity index (χ0v) is 11.7. The topological polar surface area (TPSA) is 72.2 Å². The molecule has 2 aromatic rings. The Morgan fingerprint density at radius 3 is 2.84 bits per heavy atom. The molecule has 7 heteroatoms. The summed E-state index contributed by atoms with van der Waals surface area (Å²) < 4.78 is 10.6. The van der Waals surface area contributed by atoms with E-state index in [0.717, 1.165) is 5.69 Å². The average molecular weight is 283 g/mol. The molecule has 1 aromatic heterocycles. The monoisotopic (exact) mass is 282 g/mol. The van der Waals surface area contributed by atoms with Crippen LogP contribution in [-0.4, -0.2) is 24.4 Å². The number of ether oxygens (including phenoxy) is 1. The lowest BCUT2D eigenvalue weighted by Gasteiger charge is -2.06. The van der Waals surface area contributed by atoms with Gasteiger partial charge in [0.25, 0.3) is 0 Å². The molecule has 0 aliphatic carbocycles. The van der Waals surface area contributed by atoms with E-state index >= 15 is 0 Å². The van der Waals surface area contributed by atoms with Gasteiger partial charge in [0.1, 0.15) is 5.75 Å². The quantitative estimate of drug-likeness (QED) is 0.878. The minimum Gasteiger partial charge on any atom is -0.495 e. The minimum absolute atomic E-state index is 0.00260. The highest BCUT2D eigenvalue weighted by molar-refractivity contribution is 6.32. The fourth-order valence-electron chi connectivity index (χ4n) is 1.44. The van der Waals surface area contributed by atoms with E-state index in [2.05, 4.69) is 20.8 Å². The second-order valence-corrected chi connectivity index (χ2v) is 4.34. The zero-order chi connectivity index (χ0) is 13.8. The lowest BCUT2D eigenvalue weighted by atomic mass is 10.3. The van der Waals surface area contributed by atoms with Crippen molar-refractivity contribution in [3.8, 4) is 5.75 Å². The predicted molar refractivity (Wildman–Crippen MR) is 73.1 cm³/mol. The summed E-state index contributed by atoms with van der Waals surface area (Å²) >= 11 is 5.95. The van der Waals surface area contributed by atoms with Crippen molar-refractivity contribution in [1.82, 2.24) is 15.5 Å². The molecule has 0 saturated heterocycles. The molecule has 0 spiro atoms. The van der Waals surface area contributed by atoms with Crippen molar-refractivity contribution in [2.45, 2.75) is 13.0 Å². The Labute approximate surface area is 116 Å². The first-order valence-corrected chi connectivity index (χ1v) is 6.13. The van der Waals surface area contributed by atoms with E-state index in [1.165, 1.54) is 0 Å². The summed E-state index contributed by atoms with van der Waals surface area (Å²) in [5, 5.41) is 14.4. The van der Waals surface area contributed by atoms with Crippen LogP contribution in [0.5, 0.6) is 5.75 Å². The number of aromatic nitrogens is 2. The smallest absolute Gasteiger partial charge is 0.320 e. The number of hydrogen-bond donors (Lipinski definition) is 2. The molecule has 1 unspecified atom stereocenters. The molecular formula is C12H15ClN4O2. The third-order valence-corrected chi connectivity index (χ3v) is 2.96. The van der Waals surface area contributed by atoms with Crippen molar-refractivity contribution in [1.29, 1.82) is 0 Å². The molecule has 0 bridgehead atoms. The van der Waals surface area contributed by atoms with Gasteiger partial charge >= 0.3 is 6.01 Å². The van der Waals surface area contributed by atoms with Gasteiger partial charge in [-0.1, -0.05) is 16.7 Å². The normalized spacial score (nSPS) is 12.2. The molecule has 1 heterocycles. The highest BCUT2D eigenvalue weighted by Crippen LogP contribution is 2.28. The Balaban J connectivity index is 2.15. The lowest BCUT2D eigenvalue weighted by Crippen LogP contribution is -2.12. The summed E-state index contributed by atoms with van der Waals surface area (Å²) in [4.78, 5) is 0. The van der Waals surface area contributed by atoms with Gasteiger partial charge in [0, 0.05) is 11.8 Å². The van der Waals surface area contributed by atoms with Crippen molar-refractivity contribution in [3.05, 3.63) is 29.1 Å². The van der Waals surface area contributed by atoms with E-state index in [-0.39, 0.29) is 6.04 Å². The Bertz CT molecular complexity index is 558. The van der Waals surface area contributed by atoms with Gasteiger partial charge < -0.3 is 19.8 Å². The van der Waals surface area contributed by atoms with Crippen LogP contribution in [0.15, 0.2) is 22.6 Å². The van der Waals surface area contributed by atoms with Crippen LogP contribution in [0.2, 0.25) is 5.02 Å².